The van der Waals surface area contributed by atoms with Crippen LogP contribution in [0.4, 0.5) is 18.9 Å². The highest BCUT2D eigenvalue weighted by Crippen LogP contribution is 2.35. The molecule has 29 heavy (non-hydrogen) atoms. The van der Waals surface area contributed by atoms with Crippen molar-refractivity contribution in [2.75, 3.05) is 18.5 Å². The molecule has 1 aliphatic heterocycles. The van der Waals surface area contributed by atoms with Gasteiger partial charge in [-0.3, -0.25) is 4.79 Å². The minimum atomic E-state index is -4.38. The largest absolute Gasteiger partial charge is 0.478 e. The van der Waals surface area contributed by atoms with Crippen molar-refractivity contribution in [3.05, 3.63) is 65.2 Å². The number of likely N-dealkylation sites (N-methyl/N-ethyl adjacent to an activating group) is 1. The summed E-state index contributed by atoms with van der Waals surface area (Å²) in [6.07, 6.45) is -3.19. The average molecular weight is 406 g/mol. The Morgan fingerprint density at radius 3 is 2.17 bits per heavy atom. The summed E-state index contributed by atoms with van der Waals surface area (Å²) >= 11 is 0. The van der Waals surface area contributed by atoms with Gasteiger partial charge in [0.25, 0.3) is 0 Å². The number of hydrogen-bond acceptors (Lipinski definition) is 3. The van der Waals surface area contributed by atoms with Crippen LogP contribution >= 0.6 is 0 Å². The van der Waals surface area contributed by atoms with E-state index in [1.54, 1.807) is 19.2 Å². The number of anilines is 1. The summed E-state index contributed by atoms with van der Waals surface area (Å²) in [6, 6.07) is 10.9. The third-order valence-corrected chi connectivity index (χ3v) is 5.29. The summed E-state index contributed by atoms with van der Waals surface area (Å²) in [5, 5.41) is 11.7. The predicted molar refractivity (Wildman–Crippen MR) is 102 cm³/mol. The van der Waals surface area contributed by atoms with Crippen LogP contribution in [0.2, 0.25) is 0 Å². The number of carbonyl (C=O) groups excluding carboxylic acids is 1. The maximum atomic E-state index is 12.8. The fourth-order valence-corrected chi connectivity index (χ4v) is 3.71. The monoisotopic (exact) mass is 406 g/mol. The van der Waals surface area contributed by atoms with E-state index < -0.39 is 23.8 Å². The Kier molecular flexibility index (Phi) is 5.81. The smallest absolute Gasteiger partial charge is 0.416 e. The minimum Gasteiger partial charge on any atom is -0.478 e. The molecule has 0 radical (unpaired) electrons. The molecule has 3 rings (SSSR count). The number of halogens is 3. The molecule has 0 spiro atoms. The van der Waals surface area contributed by atoms with Crippen molar-refractivity contribution >= 4 is 17.6 Å². The van der Waals surface area contributed by atoms with Crippen LogP contribution in [0, 0.1) is 0 Å². The Hall–Kier alpha value is -3.03. The number of aromatic carboxylic acids is 1. The van der Waals surface area contributed by atoms with Crippen LogP contribution in [0.3, 0.4) is 0 Å². The number of hydrogen-bond donors (Lipinski definition) is 2. The molecule has 0 bridgehead atoms. The second-order valence-corrected chi connectivity index (χ2v) is 7.03. The second-order valence-electron chi connectivity index (χ2n) is 7.03. The summed E-state index contributed by atoms with van der Waals surface area (Å²) in [7, 11) is 1.55. The molecule has 0 saturated carbocycles. The van der Waals surface area contributed by atoms with Crippen molar-refractivity contribution in [2.24, 2.45) is 0 Å². The molecule has 1 aliphatic rings. The first kappa shape index (κ1) is 20.7. The molecular weight excluding hydrogens is 385 g/mol. The van der Waals surface area contributed by atoms with Crippen molar-refractivity contribution in [3.8, 4) is 0 Å². The second kappa shape index (κ2) is 8.14. The number of carboxylic acids is 1. The zero-order chi connectivity index (χ0) is 21.2. The molecule has 1 heterocycles. The van der Waals surface area contributed by atoms with Gasteiger partial charge in [0.15, 0.2) is 0 Å². The number of nitrogens with zero attached hydrogens (tertiary/aromatic N) is 1. The lowest BCUT2D eigenvalue weighted by Gasteiger charge is -2.40. The van der Waals surface area contributed by atoms with Gasteiger partial charge in [0.2, 0.25) is 5.91 Å². The Morgan fingerprint density at radius 1 is 1.03 bits per heavy atom. The molecule has 0 aliphatic carbocycles. The Balaban J connectivity index is 1.87. The molecule has 2 aromatic rings. The third kappa shape index (κ3) is 4.52. The molecule has 1 unspecified atom stereocenters. The van der Waals surface area contributed by atoms with E-state index >= 15 is 0 Å². The van der Waals surface area contributed by atoms with Crippen molar-refractivity contribution in [3.63, 3.8) is 0 Å². The molecule has 1 fully saturated rings. The van der Waals surface area contributed by atoms with Crippen LogP contribution in [0.5, 0.6) is 0 Å². The van der Waals surface area contributed by atoms with Crippen molar-refractivity contribution in [1.29, 1.82) is 0 Å². The summed E-state index contributed by atoms with van der Waals surface area (Å²) in [4.78, 5) is 25.3. The molecular formula is C21H21F3N2O3. The lowest BCUT2D eigenvalue weighted by atomic mass is 9.86. The van der Waals surface area contributed by atoms with Gasteiger partial charge in [-0.2, -0.15) is 13.2 Å². The molecule has 1 amide bonds. The zero-order valence-electron chi connectivity index (χ0n) is 15.7. The van der Waals surface area contributed by atoms with Gasteiger partial charge in [-0.15, -0.1) is 0 Å². The van der Waals surface area contributed by atoms with E-state index in [0.29, 0.717) is 25.1 Å². The van der Waals surface area contributed by atoms with Crippen molar-refractivity contribution in [1.82, 2.24) is 5.32 Å². The van der Waals surface area contributed by atoms with E-state index in [0.717, 1.165) is 17.7 Å². The van der Waals surface area contributed by atoms with E-state index in [1.165, 1.54) is 24.3 Å². The van der Waals surface area contributed by atoms with Gasteiger partial charge >= 0.3 is 12.1 Å². The molecule has 154 valence electrons. The van der Waals surface area contributed by atoms with Crippen LogP contribution < -0.4 is 10.2 Å². The molecule has 1 saturated heterocycles. The van der Waals surface area contributed by atoms with E-state index in [-0.39, 0.29) is 17.4 Å². The lowest BCUT2D eigenvalue weighted by Crippen LogP contribution is -2.50. The van der Waals surface area contributed by atoms with Crippen LogP contribution in [-0.2, 0) is 11.0 Å². The highest BCUT2D eigenvalue weighted by Gasteiger charge is 2.34. The first-order valence-corrected chi connectivity index (χ1v) is 9.19. The first-order chi connectivity index (χ1) is 13.7. The lowest BCUT2D eigenvalue weighted by molar-refractivity contribution is -0.137. The Labute approximate surface area is 166 Å². The van der Waals surface area contributed by atoms with Gasteiger partial charge < -0.3 is 15.3 Å². The van der Waals surface area contributed by atoms with Gasteiger partial charge in [0, 0.05) is 25.2 Å². The molecule has 2 aromatic carbocycles. The summed E-state index contributed by atoms with van der Waals surface area (Å²) in [5.74, 6) is -1.24. The van der Waals surface area contributed by atoms with Crippen molar-refractivity contribution in [2.45, 2.75) is 31.0 Å². The van der Waals surface area contributed by atoms with E-state index in [4.69, 9.17) is 5.11 Å². The normalized spacial score (nSPS) is 19.7. The first-order valence-electron chi connectivity index (χ1n) is 9.19. The number of alkyl halides is 3. The molecule has 2 atom stereocenters. The quantitative estimate of drug-likeness (QED) is 0.808. The van der Waals surface area contributed by atoms with Crippen molar-refractivity contribution < 1.29 is 27.9 Å². The van der Waals surface area contributed by atoms with Crippen LogP contribution in [0.25, 0.3) is 0 Å². The molecule has 2 N–H and O–H groups in total. The van der Waals surface area contributed by atoms with Crippen LogP contribution in [0.15, 0.2) is 48.5 Å². The third-order valence-electron chi connectivity index (χ3n) is 5.29. The highest BCUT2D eigenvalue weighted by atomic mass is 19.4. The van der Waals surface area contributed by atoms with Gasteiger partial charge in [-0.05, 0) is 54.8 Å². The molecule has 5 nitrogen and oxygen atoms in total. The van der Waals surface area contributed by atoms with E-state index in [1.807, 2.05) is 4.90 Å². The maximum absolute atomic E-state index is 12.8. The van der Waals surface area contributed by atoms with E-state index in [9.17, 15) is 22.8 Å². The number of rotatable bonds is 4. The van der Waals surface area contributed by atoms with Crippen LogP contribution in [0.1, 0.15) is 40.2 Å². The summed E-state index contributed by atoms with van der Waals surface area (Å²) in [5.41, 5.74) is 0.920. The summed E-state index contributed by atoms with van der Waals surface area (Å²) < 4.78 is 38.5. The van der Waals surface area contributed by atoms with Gasteiger partial charge in [0.05, 0.1) is 11.1 Å². The Bertz CT molecular complexity index is 880. The number of carboxylic acid groups (broad SMARTS) is 1. The molecule has 8 heteroatoms. The fraction of sp³-hybridized carbons (Fsp3) is 0.333. The standard InChI is InChI=1S/C21H21F3N2O3/c1-25-19(27)18-11-6-15(13-2-7-16(8-3-13)21(22,23)24)12-26(18)17-9-4-14(5-10-17)20(28)29/h2-5,7-10,15,18H,6,11-12H2,1H3,(H,25,27)(H,28,29)/t15?,18-/m0/s1. The van der Waals surface area contributed by atoms with Gasteiger partial charge in [-0.1, -0.05) is 12.1 Å². The number of carbonyl (C=O) groups is 2. The summed E-state index contributed by atoms with van der Waals surface area (Å²) in [6.45, 7) is 0.440. The number of nitrogens with one attached hydrogen (secondary N) is 1. The SMILES string of the molecule is CNC(=O)[C@@H]1CCC(c2ccc(C(F)(F)F)cc2)CN1c1ccc(C(=O)O)cc1. The minimum absolute atomic E-state index is 0.0441. The zero-order valence-corrected chi connectivity index (χ0v) is 15.7. The predicted octanol–water partition coefficient (Wildman–Crippen LogP) is 3.90. The van der Waals surface area contributed by atoms with Gasteiger partial charge in [0.1, 0.15) is 6.04 Å². The van der Waals surface area contributed by atoms with Crippen LogP contribution in [-0.4, -0.2) is 36.6 Å². The van der Waals surface area contributed by atoms with E-state index in [2.05, 4.69) is 5.32 Å². The number of benzene rings is 2. The maximum Gasteiger partial charge on any atom is 0.416 e. The topological polar surface area (TPSA) is 69.6 Å². The molecule has 0 aromatic heterocycles. The average Bonchev–Trinajstić information content (AvgIpc) is 2.72. The Morgan fingerprint density at radius 2 is 1.66 bits per heavy atom. The number of amides is 1. The highest BCUT2D eigenvalue weighted by molar-refractivity contribution is 5.89. The number of piperidine rings is 1. The fourth-order valence-electron chi connectivity index (χ4n) is 3.71. The van der Waals surface area contributed by atoms with Gasteiger partial charge in [-0.25, -0.2) is 4.79 Å².